The summed E-state index contributed by atoms with van der Waals surface area (Å²) in [7, 11) is -3.54. The molecule has 1 fully saturated rings. The van der Waals surface area contributed by atoms with E-state index in [9.17, 15) is 8.42 Å². The van der Waals surface area contributed by atoms with Crippen molar-refractivity contribution in [2.45, 2.75) is 31.6 Å². The molecule has 0 bridgehead atoms. The average molecular weight is 383 g/mol. The molecule has 3 aromatic rings. The van der Waals surface area contributed by atoms with E-state index in [0.717, 1.165) is 24.1 Å². The highest BCUT2D eigenvalue weighted by molar-refractivity contribution is 7.89. The number of benzene rings is 1. The van der Waals surface area contributed by atoms with Crippen molar-refractivity contribution in [1.29, 1.82) is 0 Å². The van der Waals surface area contributed by atoms with Crippen molar-refractivity contribution in [3.63, 3.8) is 0 Å². The van der Waals surface area contributed by atoms with Crippen molar-refractivity contribution in [1.82, 2.24) is 24.3 Å². The molecule has 1 saturated heterocycles. The minimum Gasteiger partial charge on any atom is -0.216 e. The van der Waals surface area contributed by atoms with Gasteiger partial charge in [-0.2, -0.15) is 9.40 Å². The van der Waals surface area contributed by atoms with Gasteiger partial charge in [-0.25, -0.2) is 13.1 Å². The van der Waals surface area contributed by atoms with E-state index in [4.69, 9.17) is 0 Å². The molecule has 27 heavy (non-hydrogen) atoms. The Morgan fingerprint density at radius 1 is 0.926 bits per heavy atom. The van der Waals surface area contributed by atoms with Crippen LogP contribution in [-0.2, 0) is 10.0 Å². The maximum Gasteiger partial charge on any atom is 0.246 e. The first-order valence-electron chi connectivity index (χ1n) is 8.94. The number of aryl methyl sites for hydroxylation is 1. The molecule has 0 aliphatic carbocycles. The first-order chi connectivity index (χ1) is 13.0. The Bertz CT molecular complexity index is 1050. The van der Waals surface area contributed by atoms with Crippen LogP contribution < -0.4 is 0 Å². The highest BCUT2D eigenvalue weighted by Gasteiger charge is 2.33. The van der Waals surface area contributed by atoms with Gasteiger partial charge in [-0.3, -0.25) is 0 Å². The fourth-order valence-corrected chi connectivity index (χ4v) is 5.35. The lowest BCUT2D eigenvalue weighted by Gasteiger charge is -2.15. The fourth-order valence-electron chi connectivity index (χ4n) is 3.48. The molecule has 0 spiro atoms. The fraction of sp³-hybridized carbons (Fsp3) is 0.316. The minimum absolute atomic E-state index is 0.276. The van der Waals surface area contributed by atoms with Crippen molar-refractivity contribution in [2.24, 2.45) is 0 Å². The quantitative estimate of drug-likeness (QED) is 0.692. The van der Waals surface area contributed by atoms with Crippen LogP contribution in [0.4, 0.5) is 0 Å². The number of rotatable bonds is 4. The number of nitrogens with zero attached hydrogens (tertiary/aromatic N) is 5. The average Bonchev–Trinajstić information content (AvgIpc) is 3.31. The molecule has 2 aromatic heterocycles. The second-order valence-electron chi connectivity index (χ2n) is 6.67. The predicted molar refractivity (Wildman–Crippen MR) is 102 cm³/mol. The van der Waals surface area contributed by atoms with Crippen LogP contribution in [0.25, 0.3) is 17.1 Å². The Morgan fingerprint density at radius 2 is 1.63 bits per heavy atom. The van der Waals surface area contributed by atoms with Gasteiger partial charge in [0.2, 0.25) is 10.0 Å². The molecule has 0 atom stereocenters. The van der Waals surface area contributed by atoms with Crippen molar-refractivity contribution >= 4 is 10.0 Å². The summed E-state index contributed by atoms with van der Waals surface area (Å²) in [6.07, 6.45) is 1.80. The van der Waals surface area contributed by atoms with E-state index >= 15 is 0 Å². The highest BCUT2D eigenvalue weighted by atomic mass is 32.2. The van der Waals surface area contributed by atoms with Gasteiger partial charge in [-0.1, -0.05) is 30.3 Å². The van der Waals surface area contributed by atoms with Gasteiger partial charge in [0.1, 0.15) is 4.90 Å². The Hall–Kier alpha value is -2.58. The topological polar surface area (TPSA) is 81.0 Å². The predicted octanol–water partition coefficient (Wildman–Crippen LogP) is 2.73. The molecule has 140 valence electrons. The molecule has 7 nitrogen and oxygen atoms in total. The molecule has 0 radical (unpaired) electrons. The van der Waals surface area contributed by atoms with Crippen molar-refractivity contribution in [2.75, 3.05) is 13.1 Å². The molecular weight excluding hydrogens is 362 g/mol. The third-order valence-corrected chi connectivity index (χ3v) is 6.98. The van der Waals surface area contributed by atoms with E-state index in [2.05, 4.69) is 15.3 Å². The minimum atomic E-state index is -3.54. The molecule has 8 heteroatoms. The third-order valence-electron chi connectivity index (χ3n) is 4.82. The standard InChI is InChI=1S/C19H21N5O2S/c1-14-19(27(25,26)23-12-6-7-13-23)15(2)24(22-14)18-11-10-17(20-21-18)16-8-4-3-5-9-16/h3-5,8-11H,6-7,12-13H2,1-2H3. The van der Waals surface area contributed by atoms with Gasteiger partial charge < -0.3 is 0 Å². The summed E-state index contributed by atoms with van der Waals surface area (Å²) < 4.78 is 29.1. The molecule has 0 N–H and O–H groups in total. The van der Waals surface area contributed by atoms with Gasteiger partial charge in [-0.15, -0.1) is 10.2 Å². The Labute approximate surface area is 158 Å². The zero-order chi connectivity index (χ0) is 19.0. The van der Waals surface area contributed by atoms with Gasteiger partial charge in [0.15, 0.2) is 5.82 Å². The molecule has 3 heterocycles. The van der Waals surface area contributed by atoms with E-state index in [1.165, 1.54) is 0 Å². The van der Waals surface area contributed by atoms with Gasteiger partial charge in [0.05, 0.1) is 17.1 Å². The van der Waals surface area contributed by atoms with E-state index in [1.807, 2.05) is 36.4 Å². The SMILES string of the molecule is Cc1nn(-c2ccc(-c3ccccc3)nn2)c(C)c1S(=O)(=O)N1CCCC1. The monoisotopic (exact) mass is 383 g/mol. The maximum absolute atomic E-state index is 13.0. The van der Waals surface area contributed by atoms with Crippen LogP contribution in [0.5, 0.6) is 0 Å². The van der Waals surface area contributed by atoms with E-state index < -0.39 is 10.0 Å². The molecular formula is C19H21N5O2S. The first-order valence-corrected chi connectivity index (χ1v) is 10.4. The van der Waals surface area contributed by atoms with E-state index in [1.54, 1.807) is 28.9 Å². The van der Waals surface area contributed by atoms with Crippen LogP contribution in [0, 0.1) is 13.8 Å². The van der Waals surface area contributed by atoms with Crippen LogP contribution in [-0.4, -0.2) is 45.8 Å². The van der Waals surface area contributed by atoms with Crippen LogP contribution in [0.2, 0.25) is 0 Å². The first kappa shape index (κ1) is 17.8. The van der Waals surface area contributed by atoms with Gasteiger partial charge in [-0.05, 0) is 38.8 Å². The molecule has 1 aliphatic heterocycles. The summed E-state index contributed by atoms with van der Waals surface area (Å²) in [5, 5.41) is 13.0. The van der Waals surface area contributed by atoms with Crippen molar-refractivity contribution in [3.05, 3.63) is 53.9 Å². The summed E-state index contributed by atoms with van der Waals surface area (Å²) in [5.74, 6) is 0.498. The lowest BCUT2D eigenvalue weighted by atomic mass is 10.1. The summed E-state index contributed by atoms with van der Waals surface area (Å²) in [6.45, 7) is 4.61. The zero-order valence-electron chi connectivity index (χ0n) is 15.3. The number of aromatic nitrogens is 4. The molecule has 1 aromatic carbocycles. The van der Waals surface area contributed by atoms with Crippen molar-refractivity contribution < 1.29 is 8.42 Å². The Kier molecular flexibility index (Phi) is 4.53. The lowest BCUT2D eigenvalue weighted by molar-refractivity contribution is 0.476. The van der Waals surface area contributed by atoms with E-state index in [0.29, 0.717) is 30.3 Å². The number of hydrogen-bond acceptors (Lipinski definition) is 5. The van der Waals surface area contributed by atoms with Gasteiger partial charge >= 0.3 is 0 Å². The molecule has 0 amide bonds. The zero-order valence-corrected chi connectivity index (χ0v) is 16.1. The maximum atomic E-state index is 13.0. The van der Waals surface area contributed by atoms with Crippen LogP contribution in [0.1, 0.15) is 24.2 Å². The number of sulfonamides is 1. The molecule has 4 rings (SSSR count). The summed E-state index contributed by atoms with van der Waals surface area (Å²) in [5.41, 5.74) is 2.77. The largest absolute Gasteiger partial charge is 0.246 e. The van der Waals surface area contributed by atoms with Gasteiger partial charge in [0.25, 0.3) is 0 Å². The number of hydrogen-bond donors (Lipinski definition) is 0. The lowest BCUT2D eigenvalue weighted by Crippen LogP contribution is -2.28. The summed E-state index contributed by atoms with van der Waals surface area (Å²) >= 11 is 0. The highest BCUT2D eigenvalue weighted by Crippen LogP contribution is 2.27. The molecule has 0 saturated carbocycles. The van der Waals surface area contributed by atoms with Crippen molar-refractivity contribution in [3.8, 4) is 17.1 Å². The third kappa shape index (κ3) is 3.15. The smallest absolute Gasteiger partial charge is 0.216 e. The molecule has 0 unspecified atom stereocenters. The van der Waals surface area contributed by atoms with Crippen LogP contribution in [0.3, 0.4) is 0 Å². The van der Waals surface area contributed by atoms with Gasteiger partial charge in [0, 0.05) is 18.7 Å². The second kappa shape index (κ2) is 6.86. The van der Waals surface area contributed by atoms with Crippen LogP contribution >= 0.6 is 0 Å². The van der Waals surface area contributed by atoms with Crippen LogP contribution in [0.15, 0.2) is 47.4 Å². The molecule has 1 aliphatic rings. The van der Waals surface area contributed by atoms with E-state index in [-0.39, 0.29) is 4.90 Å². The summed E-state index contributed by atoms with van der Waals surface area (Å²) in [4.78, 5) is 0.276. The summed E-state index contributed by atoms with van der Waals surface area (Å²) in [6, 6.07) is 13.4. The normalized spacial score (nSPS) is 15.3. The Morgan fingerprint density at radius 3 is 2.26 bits per heavy atom. The second-order valence-corrected chi connectivity index (χ2v) is 8.54. The Balaban J connectivity index is 1.71.